The van der Waals surface area contributed by atoms with E-state index >= 15 is 0 Å². The number of nitrogens with one attached hydrogen (secondary N) is 2. The van der Waals surface area contributed by atoms with Crippen LogP contribution in [0, 0.1) is 13.8 Å². The van der Waals surface area contributed by atoms with E-state index in [1.807, 2.05) is 66.7 Å². The van der Waals surface area contributed by atoms with Crippen LogP contribution in [0.15, 0.2) is 79.0 Å². The maximum atomic E-state index is 13.0. The first-order valence-electron chi connectivity index (χ1n) is 12.7. The Labute approximate surface area is 238 Å². The molecule has 0 bridgehead atoms. The number of halogens is 1. The zero-order valence-electron chi connectivity index (χ0n) is 22.0. The summed E-state index contributed by atoms with van der Waals surface area (Å²) < 4.78 is 7.58. The number of rotatable bonds is 8. The summed E-state index contributed by atoms with van der Waals surface area (Å²) in [4.78, 5) is 19.7. The lowest BCUT2D eigenvalue weighted by Gasteiger charge is -2.28. The van der Waals surface area contributed by atoms with Gasteiger partial charge in [-0.25, -0.2) is 0 Å². The molecule has 1 aliphatic rings. The summed E-state index contributed by atoms with van der Waals surface area (Å²) in [5.74, 6) is 0.498. The Morgan fingerprint density at radius 1 is 1.10 bits per heavy atom. The molecule has 1 fully saturated rings. The standard InChI is InChI=1S/C30H30ClN5O2S/c1-19-17-23(20(2)36(19)22-10-8-9-21(31)18-22)29-28(25-12-6-7-15-32-25)34-30(39)35(29)16-14-27(37)33-24-11-4-5-13-26(24)38-3/h4-13,15,17-18,28-29H,14,16H2,1-3H3,(H,33,37)(H,34,39)/t28-,29+/m1/s1. The number of carbonyl (C=O) groups excluding carboxylic acids is 1. The molecule has 5 rings (SSSR count). The van der Waals surface area contributed by atoms with Gasteiger partial charge in [-0.2, -0.15) is 0 Å². The number of para-hydroxylation sites is 2. The topological polar surface area (TPSA) is 71.4 Å². The van der Waals surface area contributed by atoms with Crippen molar-refractivity contribution in [1.29, 1.82) is 0 Å². The van der Waals surface area contributed by atoms with Crippen LogP contribution in [0.4, 0.5) is 5.69 Å². The Balaban J connectivity index is 1.47. The second-order valence-electron chi connectivity index (χ2n) is 9.46. The average Bonchev–Trinajstić information content (AvgIpc) is 3.42. The SMILES string of the molecule is COc1ccccc1NC(=O)CCN1C(=S)N[C@H](c2ccccn2)[C@@H]1c1cc(C)n(-c2cccc(Cl)c2)c1C. The molecule has 2 atom stereocenters. The lowest BCUT2D eigenvalue weighted by atomic mass is 9.96. The summed E-state index contributed by atoms with van der Waals surface area (Å²) in [5.41, 5.74) is 5.79. The van der Waals surface area contributed by atoms with Crippen molar-refractivity contribution in [3.63, 3.8) is 0 Å². The van der Waals surface area contributed by atoms with Gasteiger partial charge in [-0.1, -0.05) is 35.9 Å². The number of anilines is 1. The molecule has 1 amide bonds. The van der Waals surface area contributed by atoms with E-state index < -0.39 is 0 Å². The Hall–Kier alpha value is -3.88. The first-order valence-corrected chi connectivity index (χ1v) is 13.5. The molecular formula is C30H30ClN5O2S. The molecule has 0 saturated carbocycles. The predicted molar refractivity (Wildman–Crippen MR) is 159 cm³/mol. The van der Waals surface area contributed by atoms with Gasteiger partial charge in [0.15, 0.2) is 5.11 Å². The van der Waals surface area contributed by atoms with Crippen LogP contribution in [0.3, 0.4) is 0 Å². The van der Waals surface area contributed by atoms with Crippen molar-refractivity contribution < 1.29 is 9.53 Å². The number of amides is 1. The van der Waals surface area contributed by atoms with Crippen LogP contribution in [-0.2, 0) is 4.79 Å². The molecule has 0 radical (unpaired) electrons. The van der Waals surface area contributed by atoms with E-state index in [0.717, 1.165) is 28.3 Å². The third kappa shape index (κ3) is 5.48. The first-order chi connectivity index (χ1) is 18.9. The molecule has 2 aromatic carbocycles. The number of benzene rings is 2. The van der Waals surface area contributed by atoms with Crippen molar-refractivity contribution in [3.8, 4) is 11.4 Å². The molecule has 2 N–H and O–H groups in total. The van der Waals surface area contributed by atoms with E-state index in [-0.39, 0.29) is 24.4 Å². The van der Waals surface area contributed by atoms with Gasteiger partial charge in [-0.05, 0) is 80.2 Å². The molecule has 0 spiro atoms. The number of aryl methyl sites for hydroxylation is 1. The fraction of sp³-hybridized carbons (Fsp3) is 0.233. The number of hydrogen-bond donors (Lipinski definition) is 2. The van der Waals surface area contributed by atoms with Gasteiger partial charge in [0.05, 0.1) is 30.6 Å². The summed E-state index contributed by atoms with van der Waals surface area (Å²) in [6.07, 6.45) is 2.04. The summed E-state index contributed by atoms with van der Waals surface area (Å²) in [7, 11) is 1.58. The van der Waals surface area contributed by atoms with Crippen LogP contribution in [0.5, 0.6) is 5.75 Å². The van der Waals surface area contributed by atoms with Gasteiger partial charge in [0, 0.05) is 41.3 Å². The van der Waals surface area contributed by atoms with E-state index in [4.69, 9.17) is 28.6 Å². The molecule has 39 heavy (non-hydrogen) atoms. The molecule has 0 unspecified atom stereocenters. The van der Waals surface area contributed by atoms with Gasteiger partial charge in [-0.15, -0.1) is 0 Å². The highest BCUT2D eigenvalue weighted by molar-refractivity contribution is 7.80. The van der Waals surface area contributed by atoms with Crippen LogP contribution in [0.2, 0.25) is 5.02 Å². The minimum atomic E-state index is -0.177. The largest absolute Gasteiger partial charge is 0.495 e. The molecular weight excluding hydrogens is 530 g/mol. The molecule has 1 saturated heterocycles. The molecule has 1 aliphatic heterocycles. The fourth-order valence-corrected chi connectivity index (χ4v) is 5.78. The number of thiocarbonyl (C=S) groups is 1. The number of pyridine rings is 1. The molecule has 0 aliphatic carbocycles. The molecule has 200 valence electrons. The number of methoxy groups -OCH3 is 1. The van der Waals surface area contributed by atoms with Crippen LogP contribution in [0.1, 0.15) is 41.1 Å². The van der Waals surface area contributed by atoms with Crippen LogP contribution < -0.4 is 15.4 Å². The Morgan fingerprint density at radius 2 is 1.90 bits per heavy atom. The normalized spacial score (nSPS) is 16.7. The molecule has 2 aromatic heterocycles. The van der Waals surface area contributed by atoms with E-state index in [2.05, 4.69) is 45.0 Å². The van der Waals surface area contributed by atoms with Gasteiger partial charge in [0.1, 0.15) is 5.75 Å². The van der Waals surface area contributed by atoms with E-state index in [9.17, 15) is 4.79 Å². The average molecular weight is 560 g/mol. The quantitative estimate of drug-likeness (QED) is 0.252. The Morgan fingerprint density at radius 3 is 2.64 bits per heavy atom. The zero-order valence-corrected chi connectivity index (χ0v) is 23.6. The van der Waals surface area contributed by atoms with Gasteiger partial charge < -0.3 is 24.8 Å². The second-order valence-corrected chi connectivity index (χ2v) is 10.3. The highest BCUT2D eigenvalue weighted by Crippen LogP contribution is 2.41. The smallest absolute Gasteiger partial charge is 0.226 e. The Bertz CT molecular complexity index is 1510. The van der Waals surface area contributed by atoms with Gasteiger partial charge in [0.2, 0.25) is 5.91 Å². The lowest BCUT2D eigenvalue weighted by Crippen LogP contribution is -2.33. The lowest BCUT2D eigenvalue weighted by molar-refractivity contribution is -0.116. The highest BCUT2D eigenvalue weighted by Gasteiger charge is 2.41. The van der Waals surface area contributed by atoms with Crippen molar-refractivity contribution in [3.05, 3.63) is 107 Å². The summed E-state index contributed by atoms with van der Waals surface area (Å²) in [6, 6.07) is 22.9. The van der Waals surface area contributed by atoms with Crippen molar-refractivity contribution in [2.75, 3.05) is 19.0 Å². The predicted octanol–water partition coefficient (Wildman–Crippen LogP) is 6.15. The first kappa shape index (κ1) is 26.7. The number of carbonyl (C=O) groups is 1. The van der Waals surface area contributed by atoms with E-state index in [0.29, 0.717) is 28.1 Å². The highest BCUT2D eigenvalue weighted by atomic mass is 35.5. The molecule has 3 heterocycles. The van der Waals surface area contributed by atoms with Crippen molar-refractivity contribution in [2.24, 2.45) is 0 Å². The van der Waals surface area contributed by atoms with Crippen LogP contribution in [0.25, 0.3) is 5.69 Å². The molecule has 9 heteroatoms. The number of nitrogens with zero attached hydrogens (tertiary/aromatic N) is 3. The number of aromatic nitrogens is 2. The molecule has 7 nitrogen and oxygen atoms in total. The Kier molecular flexibility index (Phi) is 7.86. The number of hydrogen-bond acceptors (Lipinski definition) is 4. The minimum absolute atomic E-state index is 0.119. The van der Waals surface area contributed by atoms with Crippen LogP contribution in [-0.4, -0.2) is 39.1 Å². The monoisotopic (exact) mass is 559 g/mol. The third-order valence-electron chi connectivity index (χ3n) is 7.01. The van der Waals surface area contributed by atoms with Crippen molar-refractivity contribution in [2.45, 2.75) is 32.4 Å². The van der Waals surface area contributed by atoms with E-state index in [1.165, 1.54) is 0 Å². The maximum Gasteiger partial charge on any atom is 0.226 e. The summed E-state index contributed by atoms with van der Waals surface area (Å²) in [5, 5.41) is 7.71. The zero-order chi connectivity index (χ0) is 27.5. The molecule has 4 aromatic rings. The maximum absolute atomic E-state index is 13.0. The van der Waals surface area contributed by atoms with Gasteiger partial charge >= 0.3 is 0 Å². The van der Waals surface area contributed by atoms with Gasteiger partial charge in [0.25, 0.3) is 0 Å². The van der Waals surface area contributed by atoms with Crippen LogP contribution >= 0.6 is 23.8 Å². The third-order valence-corrected chi connectivity index (χ3v) is 7.60. The van der Waals surface area contributed by atoms with Crippen molar-refractivity contribution >= 4 is 40.5 Å². The van der Waals surface area contributed by atoms with Crippen molar-refractivity contribution in [1.82, 2.24) is 19.8 Å². The fourth-order valence-electron chi connectivity index (χ4n) is 5.27. The summed E-state index contributed by atoms with van der Waals surface area (Å²) >= 11 is 12.1. The minimum Gasteiger partial charge on any atom is -0.495 e. The second kappa shape index (κ2) is 11.5. The number of ether oxygens (including phenoxy) is 1. The van der Waals surface area contributed by atoms with E-state index in [1.54, 1.807) is 13.3 Å². The summed E-state index contributed by atoms with van der Waals surface area (Å²) in [6.45, 7) is 4.62. The van der Waals surface area contributed by atoms with Gasteiger partial charge in [-0.3, -0.25) is 9.78 Å².